The Balaban J connectivity index is 1.45. The summed E-state index contributed by atoms with van der Waals surface area (Å²) in [6.07, 6.45) is 3.26. The van der Waals surface area contributed by atoms with Crippen LogP contribution in [0.15, 0.2) is 65.7 Å². The van der Waals surface area contributed by atoms with Crippen LogP contribution in [0.1, 0.15) is 12.8 Å². The molecule has 0 unspecified atom stereocenters. The van der Waals surface area contributed by atoms with Crippen molar-refractivity contribution >= 4 is 28.6 Å². The zero-order valence-electron chi connectivity index (χ0n) is 12.1. The third-order valence-electron chi connectivity index (χ3n) is 3.31. The first kappa shape index (κ1) is 14.7. The molecule has 3 nitrogen and oxygen atoms in total. The Morgan fingerprint density at radius 2 is 1.82 bits per heavy atom. The lowest BCUT2D eigenvalue weighted by molar-refractivity contribution is -0.134. The van der Waals surface area contributed by atoms with Crippen molar-refractivity contribution in [3.8, 4) is 5.75 Å². The maximum atomic E-state index is 11.7. The Morgan fingerprint density at radius 1 is 1.05 bits per heavy atom. The number of aromatic nitrogens is 1. The van der Waals surface area contributed by atoms with E-state index in [9.17, 15) is 4.79 Å². The fourth-order valence-corrected chi connectivity index (χ4v) is 3.22. The number of fused-ring (bicyclic) bond motifs is 1. The number of hydrogen-bond donors (Lipinski definition) is 1. The summed E-state index contributed by atoms with van der Waals surface area (Å²) < 4.78 is 5.27. The van der Waals surface area contributed by atoms with Crippen molar-refractivity contribution in [3.63, 3.8) is 0 Å². The molecule has 22 heavy (non-hydrogen) atoms. The maximum Gasteiger partial charge on any atom is 0.311 e. The van der Waals surface area contributed by atoms with Crippen molar-refractivity contribution in [3.05, 3.63) is 60.8 Å². The normalized spacial score (nSPS) is 10.7. The molecule has 0 saturated carbocycles. The van der Waals surface area contributed by atoms with Gasteiger partial charge in [0.2, 0.25) is 0 Å². The highest BCUT2D eigenvalue weighted by Crippen LogP contribution is 2.28. The number of ether oxygens (including phenoxy) is 1. The van der Waals surface area contributed by atoms with Crippen molar-refractivity contribution in [1.82, 2.24) is 4.98 Å². The largest absolute Gasteiger partial charge is 0.427 e. The van der Waals surface area contributed by atoms with Crippen LogP contribution >= 0.6 is 11.8 Å². The SMILES string of the molecule is O=C(CCCSc1c[nH]c2ccccc12)Oc1ccccc1. The molecule has 2 aromatic carbocycles. The smallest absolute Gasteiger partial charge is 0.311 e. The van der Waals surface area contributed by atoms with Gasteiger partial charge in [-0.1, -0.05) is 36.4 Å². The number of rotatable bonds is 6. The van der Waals surface area contributed by atoms with E-state index >= 15 is 0 Å². The zero-order chi connectivity index (χ0) is 15.2. The summed E-state index contributed by atoms with van der Waals surface area (Å²) in [5, 5.41) is 1.24. The first-order valence-electron chi connectivity index (χ1n) is 7.27. The van der Waals surface area contributed by atoms with E-state index in [1.807, 2.05) is 36.5 Å². The van der Waals surface area contributed by atoms with Crippen LogP contribution in [0.25, 0.3) is 10.9 Å². The second-order valence-corrected chi connectivity index (χ2v) is 6.07. The number of H-pyrrole nitrogens is 1. The summed E-state index contributed by atoms with van der Waals surface area (Å²) >= 11 is 1.77. The van der Waals surface area contributed by atoms with Gasteiger partial charge in [0.25, 0.3) is 0 Å². The zero-order valence-corrected chi connectivity index (χ0v) is 12.9. The molecule has 0 radical (unpaired) electrons. The van der Waals surface area contributed by atoms with Crippen LogP contribution in [-0.4, -0.2) is 16.7 Å². The van der Waals surface area contributed by atoms with Gasteiger partial charge >= 0.3 is 5.97 Å². The number of thioether (sulfide) groups is 1. The van der Waals surface area contributed by atoms with Gasteiger partial charge in [-0.25, -0.2) is 0 Å². The molecule has 3 aromatic rings. The monoisotopic (exact) mass is 311 g/mol. The topological polar surface area (TPSA) is 42.1 Å². The van der Waals surface area contributed by atoms with Gasteiger partial charge in [0.05, 0.1) is 0 Å². The van der Waals surface area contributed by atoms with Gasteiger partial charge in [0.1, 0.15) is 5.75 Å². The predicted molar refractivity (Wildman–Crippen MR) is 90.3 cm³/mol. The number of aromatic amines is 1. The van der Waals surface area contributed by atoms with Gasteiger partial charge in [-0.3, -0.25) is 4.79 Å². The average molecular weight is 311 g/mol. The van der Waals surface area contributed by atoms with E-state index in [0.29, 0.717) is 12.2 Å². The van der Waals surface area contributed by atoms with Crippen LogP contribution < -0.4 is 4.74 Å². The highest BCUT2D eigenvalue weighted by atomic mass is 32.2. The Kier molecular flexibility index (Phi) is 4.81. The minimum atomic E-state index is -0.175. The Bertz CT molecular complexity index is 752. The maximum absolute atomic E-state index is 11.7. The van der Waals surface area contributed by atoms with Gasteiger partial charge in [-0.15, -0.1) is 11.8 Å². The molecule has 3 rings (SSSR count). The third-order valence-corrected chi connectivity index (χ3v) is 4.45. The molecule has 0 atom stereocenters. The van der Waals surface area contributed by atoms with Crippen LogP contribution in [0.2, 0.25) is 0 Å². The van der Waals surface area contributed by atoms with E-state index in [1.54, 1.807) is 23.9 Å². The van der Waals surface area contributed by atoms with Gasteiger partial charge in [0.15, 0.2) is 0 Å². The highest BCUT2D eigenvalue weighted by molar-refractivity contribution is 7.99. The van der Waals surface area contributed by atoms with Crippen LogP contribution in [0.4, 0.5) is 0 Å². The van der Waals surface area contributed by atoms with E-state index in [2.05, 4.69) is 17.1 Å². The molecule has 0 amide bonds. The molecule has 1 N–H and O–H groups in total. The molecule has 0 spiro atoms. The van der Waals surface area contributed by atoms with Gasteiger partial charge in [0, 0.05) is 28.4 Å². The molecule has 4 heteroatoms. The highest BCUT2D eigenvalue weighted by Gasteiger charge is 2.06. The fraction of sp³-hybridized carbons (Fsp3) is 0.167. The average Bonchev–Trinajstić information content (AvgIpc) is 2.96. The number of hydrogen-bond acceptors (Lipinski definition) is 3. The minimum absolute atomic E-state index is 0.175. The van der Waals surface area contributed by atoms with Crippen LogP contribution in [0.3, 0.4) is 0 Å². The summed E-state index contributed by atoms with van der Waals surface area (Å²) in [4.78, 5) is 16.2. The summed E-state index contributed by atoms with van der Waals surface area (Å²) in [7, 11) is 0. The van der Waals surface area contributed by atoms with Crippen molar-refractivity contribution in [2.75, 3.05) is 5.75 Å². The molecular weight excluding hydrogens is 294 g/mol. The van der Waals surface area contributed by atoms with Gasteiger partial charge < -0.3 is 9.72 Å². The van der Waals surface area contributed by atoms with E-state index in [1.165, 1.54) is 10.3 Å². The minimum Gasteiger partial charge on any atom is -0.427 e. The van der Waals surface area contributed by atoms with Crippen LogP contribution in [0.5, 0.6) is 5.75 Å². The Hall–Kier alpha value is -2.20. The molecule has 0 aliphatic heterocycles. The van der Waals surface area contributed by atoms with Crippen molar-refractivity contribution in [1.29, 1.82) is 0 Å². The molecular formula is C18H17NO2S. The summed E-state index contributed by atoms with van der Waals surface area (Å²) in [5.74, 6) is 1.33. The quantitative estimate of drug-likeness (QED) is 0.312. The first-order chi connectivity index (χ1) is 10.8. The lowest BCUT2D eigenvalue weighted by Crippen LogP contribution is -2.07. The Labute approximate surface area is 133 Å². The van der Waals surface area contributed by atoms with E-state index < -0.39 is 0 Å². The fourth-order valence-electron chi connectivity index (χ4n) is 2.23. The van der Waals surface area contributed by atoms with Crippen molar-refractivity contribution in [2.24, 2.45) is 0 Å². The molecule has 112 valence electrons. The second-order valence-electron chi connectivity index (χ2n) is 4.94. The third kappa shape index (κ3) is 3.71. The summed E-state index contributed by atoms with van der Waals surface area (Å²) in [6, 6.07) is 17.4. The molecule has 1 aromatic heterocycles. The first-order valence-corrected chi connectivity index (χ1v) is 8.26. The van der Waals surface area contributed by atoms with Crippen LogP contribution in [-0.2, 0) is 4.79 Å². The summed E-state index contributed by atoms with van der Waals surface area (Å²) in [5.41, 5.74) is 1.15. The number of carbonyl (C=O) groups excluding carboxylic acids is 1. The summed E-state index contributed by atoms with van der Waals surface area (Å²) in [6.45, 7) is 0. The standard InChI is InChI=1S/C18H17NO2S/c20-18(21-14-7-2-1-3-8-14)11-6-12-22-17-13-19-16-10-5-4-9-15(16)17/h1-5,7-10,13,19H,6,11-12H2. The number of benzene rings is 2. The van der Waals surface area contributed by atoms with Gasteiger partial charge in [-0.05, 0) is 30.4 Å². The van der Waals surface area contributed by atoms with Crippen LogP contribution in [0, 0.1) is 0 Å². The molecule has 1 heterocycles. The molecule has 0 fully saturated rings. The van der Waals surface area contributed by atoms with E-state index in [4.69, 9.17) is 4.74 Å². The second kappa shape index (κ2) is 7.18. The molecule has 0 saturated heterocycles. The predicted octanol–water partition coefficient (Wildman–Crippen LogP) is 4.65. The lowest BCUT2D eigenvalue weighted by atomic mass is 10.2. The van der Waals surface area contributed by atoms with E-state index in [-0.39, 0.29) is 5.97 Å². The molecule has 0 aliphatic carbocycles. The Morgan fingerprint density at radius 3 is 2.68 bits per heavy atom. The number of esters is 1. The number of para-hydroxylation sites is 2. The molecule has 0 bridgehead atoms. The van der Waals surface area contributed by atoms with Crippen molar-refractivity contribution < 1.29 is 9.53 Å². The number of carbonyl (C=O) groups is 1. The molecule has 0 aliphatic rings. The van der Waals surface area contributed by atoms with Crippen molar-refractivity contribution in [2.45, 2.75) is 17.7 Å². The lowest BCUT2D eigenvalue weighted by Gasteiger charge is -2.03. The van der Waals surface area contributed by atoms with Gasteiger partial charge in [-0.2, -0.15) is 0 Å². The van der Waals surface area contributed by atoms with E-state index in [0.717, 1.165) is 17.7 Å². The number of nitrogens with one attached hydrogen (secondary N) is 1.